The number of hydrogen-bond donors (Lipinski definition) is 1. The molecule has 0 aromatic heterocycles. The highest BCUT2D eigenvalue weighted by Gasteiger charge is 1.94. The van der Waals surface area contributed by atoms with Crippen molar-refractivity contribution < 1.29 is 5.11 Å². The maximum atomic E-state index is 9.39. The molecule has 0 heterocycles. The first-order chi connectivity index (χ1) is 6.31. The minimum absolute atomic E-state index is 0.342. The standard InChI is InChI=1S/C12H18O/c1-3-5-7-9-11-12(13)10-8-6-4-2/h3-8,10,12-13H,1,9,11H2,2H3/b6-4+,7-5+,10-8+. The molecule has 0 spiro atoms. The van der Waals surface area contributed by atoms with Gasteiger partial charge in [0.25, 0.3) is 0 Å². The second-order valence-electron chi connectivity index (χ2n) is 2.72. The third-order valence-electron chi connectivity index (χ3n) is 1.54. The molecule has 13 heavy (non-hydrogen) atoms. The average molecular weight is 178 g/mol. The van der Waals surface area contributed by atoms with E-state index in [0.717, 1.165) is 12.8 Å². The minimum Gasteiger partial charge on any atom is -0.389 e. The molecule has 0 aromatic rings. The van der Waals surface area contributed by atoms with Crippen LogP contribution in [0.15, 0.2) is 49.1 Å². The second kappa shape index (κ2) is 9.01. The summed E-state index contributed by atoms with van der Waals surface area (Å²) >= 11 is 0. The van der Waals surface area contributed by atoms with Crippen molar-refractivity contribution in [2.45, 2.75) is 25.9 Å². The molecule has 0 rings (SSSR count). The molecule has 0 saturated heterocycles. The molecule has 0 amide bonds. The van der Waals surface area contributed by atoms with Crippen LogP contribution in [0.25, 0.3) is 0 Å². The Balaban J connectivity index is 3.56. The summed E-state index contributed by atoms with van der Waals surface area (Å²) < 4.78 is 0. The molecule has 1 N–H and O–H groups in total. The summed E-state index contributed by atoms with van der Waals surface area (Å²) in [4.78, 5) is 0. The SMILES string of the molecule is C=C/C=C/CCC(O)/C=C/C=C/C. The minimum atomic E-state index is -0.342. The average Bonchev–Trinajstić information content (AvgIpc) is 2.13. The van der Waals surface area contributed by atoms with Gasteiger partial charge in [-0.3, -0.25) is 0 Å². The van der Waals surface area contributed by atoms with Gasteiger partial charge in [-0.2, -0.15) is 0 Å². The molecule has 0 saturated carbocycles. The largest absolute Gasteiger partial charge is 0.389 e. The molecular formula is C12H18O. The first-order valence-electron chi connectivity index (χ1n) is 4.56. The summed E-state index contributed by atoms with van der Waals surface area (Å²) in [5, 5.41) is 9.39. The number of hydrogen-bond acceptors (Lipinski definition) is 1. The molecule has 1 atom stereocenters. The molecular weight excluding hydrogens is 160 g/mol. The summed E-state index contributed by atoms with van der Waals surface area (Å²) in [5.41, 5.74) is 0. The zero-order chi connectivity index (χ0) is 9.94. The van der Waals surface area contributed by atoms with Crippen LogP contribution in [0.3, 0.4) is 0 Å². The maximum Gasteiger partial charge on any atom is 0.0726 e. The Hall–Kier alpha value is -1.08. The van der Waals surface area contributed by atoms with E-state index in [1.165, 1.54) is 0 Å². The van der Waals surface area contributed by atoms with E-state index in [9.17, 15) is 5.11 Å². The normalized spacial score (nSPS) is 14.6. The number of aliphatic hydroxyl groups is 1. The van der Waals surface area contributed by atoms with Crippen LogP contribution in [0.1, 0.15) is 19.8 Å². The highest BCUT2D eigenvalue weighted by molar-refractivity contribution is 5.04. The van der Waals surface area contributed by atoms with Gasteiger partial charge in [-0.15, -0.1) is 0 Å². The Morgan fingerprint density at radius 2 is 2.08 bits per heavy atom. The zero-order valence-electron chi connectivity index (χ0n) is 8.19. The van der Waals surface area contributed by atoms with Gasteiger partial charge >= 0.3 is 0 Å². The summed E-state index contributed by atoms with van der Waals surface area (Å²) in [6.07, 6.45) is 14.4. The number of aliphatic hydroxyl groups excluding tert-OH is 1. The van der Waals surface area contributed by atoms with E-state index in [-0.39, 0.29) is 6.10 Å². The van der Waals surface area contributed by atoms with Crippen LogP contribution in [-0.4, -0.2) is 11.2 Å². The van der Waals surface area contributed by atoms with Crippen LogP contribution in [0, 0.1) is 0 Å². The van der Waals surface area contributed by atoms with E-state index in [1.807, 2.05) is 37.3 Å². The Labute approximate surface area is 80.8 Å². The Bertz CT molecular complexity index is 199. The van der Waals surface area contributed by atoms with Gasteiger partial charge < -0.3 is 5.11 Å². The van der Waals surface area contributed by atoms with E-state index < -0.39 is 0 Å². The van der Waals surface area contributed by atoms with Crippen molar-refractivity contribution in [1.29, 1.82) is 0 Å². The van der Waals surface area contributed by atoms with Gasteiger partial charge in [-0.05, 0) is 19.8 Å². The zero-order valence-corrected chi connectivity index (χ0v) is 8.19. The predicted molar refractivity (Wildman–Crippen MR) is 58.5 cm³/mol. The lowest BCUT2D eigenvalue weighted by Crippen LogP contribution is -1.99. The monoisotopic (exact) mass is 178 g/mol. The number of allylic oxidation sites excluding steroid dienone is 6. The fourth-order valence-corrected chi connectivity index (χ4v) is 0.859. The van der Waals surface area contributed by atoms with E-state index >= 15 is 0 Å². The first-order valence-corrected chi connectivity index (χ1v) is 4.56. The third-order valence-corrected chi connectivity index (χ3v) is 1.54. The van der Waals surface area contributed by atoms with Crippen molar-refractivity contribution in [3.8, 4) is 0 Å². The van der Waals surface area contributed by atoms with Crippen molar-refractivity contribution in [1.82, 2.24) is 0 Å². The van der Waals surface area contributed by atoms with Gasteiger partial charge in [0.05, 0.1) is 6.10 Å². The predicted octanol–water partition coefficient (Wildman–Crippen LogP) is 3.00. The summed E-state index contributed by atoms with van der Waals surface area (Å²) in [7, 11) is 0. The summed E-state index contributed by atoms with van der Waals surface area (Å²) in [6, 6.07) is 0. The molecule has 0 bridgehead atoms. The van der Waals surface area contributed by atoms with Gasteiger partial charge in [0.2, 0.25) is 0 Å². The van der Waals surface area contributed by atoms with Crippen LogP contribution in [-0.2, 0) is 0 Å². The fraction of sp³-hybridized carbons (Fsp3) is 0.333. The van der Waals surface area contributed by atoms with E-state index in [2.05, 4.69) is 6.58 Å². The van der Waals surface area contributed by atoms with Crippen LogP contribution >= 0.6 is 0 Å². The molecule has 1 unspecified atom stereocenters. The lowest BCUT2D eigenvalue weighted by Gasteiger charge is -2.00. The molecule has 0 fully saturated rings. The van der Waals surface area contributed by atoms with Crippen LogP contribution in [0.4, 0.5) is 0 Å². The van der Waals surface area contributed by atoms with Crippen molar-refractivity contribution in [2.24, 2.45) is 0 Å². The van der Waals surface area contributed by atoms with Gasteiger partial charge in [0.1, 0.15) is 0 Å². The lowest BCUT2D eigenvalue weighted by molar-refractivity contribution is 0.214. The van der Waals surface area contributed by atoms with Crippen molar-refractivity contribution >= 4 is 0 Å². The maximum absolute atomic E-state index is 9.39. The molecule has 0 aromatic carbocycles. The summed E-state index contributed by atoms with van der Waals surface area (Å²) in [6.45, 7) is 5.51. The van der Waals surface area contributed by atoms with E-state index in [0.29, 0.717) is 0 Å². The molecule has 0 radical (unpaired) electrons. The topological polar surface area (TPSA) is 20.2 Å². The van der Waals surface area contributed by atoms with Crippen molar-refractivity contribution in [2.75, 3.05) is 0 Å². The highest BCUT2D eigenvalue weighted by atomic mass is 16.3. The van der Waals surface area contributed by atoms with Crippen LogP contribution in [0.5, 0.6) is 0 Å². The Kier molecular flexibility index (Phi) is 8.26. The van der Waals surface area contributed by atoms with Crippen molar-refractivity contribution in [3.63, 3.8) is 0 Å². The van der Waals surface area contributed by atoms with Gasteiger partial charge in [-0.25, -0.2) is 0 Å². The molecule has 0 aliphatic carbocycles. The summed E-state index contributed by atoms with van der Waals surface area (Å²) in [5.74, 6) is 0. The molecule has 72 valence electrons. The Morgan fingerprint density at radius 3 is 2.69 bits per heavy atom. The number of rotatable bonds is 6. The fourth-order valence-electron chi connectivity index (χ4n) is 0.859. The quantitative estimate of drug-likeness (QED) is 0.620. The molecule has 0 aliphatic heterocycles. The van der Waals surface area contributed by atoms with Gasteiger partial charge in [0.15, 0.2) is 0 Å². The van der Waals surface area contributed by atoms with E-state index in [1.54, 1.807) is 12.2 Å². The highest BCUT2D eigenvalue weighted by Crippen LogP contribution is 1.99. The third kappa shape index (κ3) is 8.83. The van der Waals surface area contributed by atoms with Crippen molar-refractivity contribution in [3.05, 3.63) is 49.1 Å². The molecule has 1 heteroatoms. The smallest absolute Gasteiger partial charge is 0.0726 e. The van der Waals surface area contributed by atoms with Crippen LogP contribution < -0.4 is 0 Å². The molecule has 1 nitrogen and oxygen atoms in total. The van der Waals surface area contributed by atoms with Crippen LogP contribution in [0.2, 0.25) is 0 Å². The Morgan fingerprint density at radius 1 is 1.31 bits per heavy atom. The van der Waals surface area contributed by atoms with Gasteiger partial charge in [0, 0.05) is 0 Å². The van der Waals surface area contributed by atoms with E-state index in [4.69, 9.17) is 0 Å². The molecule has 0 aliphatic rings. The first kappa shape index (κ1) is 11.9. The lowest BCUT2D eigenvalue weighted by atomic mass is 10.2. The van der Waals surface area contributed by atoms with Gasteiger partial charge in [-0.1, -0.05) is 49.1 Å². The second-order valence-corrected chi connectivity index (χ2v) is 2.72.